The molecule has 1 amide bonds. The molecule has 30 heavy (non-hydrogen) atoms. The molecule has 12 heteroatoms. The van der Waals surface area contributed by atoms with Crippen LogP contribution in [-0.4, -0.2) is 31.5 Å². The third kappa shape index (κ3) is 3.59. The number of anilines is 2. The molecular weight excluding hydrogens is 417 g/mol. The number of halogens is 2. The standard InChI is InChI=1S/C18H19ClFN7O3/c1-3-26-10-5-8(18(29)30)9(20)6-11(10)27(4-2)12(26)7-23-17(28)13-15(21)25-16(22)14(19)24-13/h5-6H,3-4,7H2,1-2H3,(H5-,21,22,23,25,28,29,30)/p+1. The fourth-order valence-corrected chi connectivity index (χ4v) is 3.45. The van der Waals surface area contributed by atoms with E-state index in [-0.39, 0.29) is 29.0 Å². The summed E-state index contributed by atoms with van der Waals surface area (Å²) in [5.41, 5.74) is 11.7. The van der Waals surface area contributed by atoms with Gasteiger partial charge >= 0.3 is 5.97 Å². The lowest BCUT2D eigenvalue weighted by molar-refractivity contribution is -0.676. The van der Waals surface area contributed by atoms with Gasteiger partial charge in [0.05, 0.1) is 18.7 Å². The van der Waals surface area contributed by atoms with Gasteiger partial charge in [-0.25, -0.2) is 28.3 Å². The summed E-state index contributed by atoms with van der Waals surface area (Å²) in [7, 11) is 0. The van der Waals surface area contributed by atoms with E-state index in [1.165, 1.54) is 12.1 Å². The Labute approximate surface area is 175 Å². The summed E-state index contributed by atoms with van der Waals surface area (Å²) in [6.45, 7) is 4.70. The molecule has 10 nitrogen and oxygen atoms in total. The van der Waals surface area contributed by atoms with Gasteiger partial charge in [-0.1, -0.05) is 11.6 Å². The van der Waals surface area contributed by atoms with Crippen molar-refractivity contribution in [2.24, 2.45) is 0 Å². The molecular formula is C18H20ClFN7O3+. The number of nitrogens with one attached hydrogen (secondary N) is 1. The van der Waals surface area contributed by atoms with E-state index >= 15 is 0 Å². The Hall–Kier alpha value is -3.47. The fraction of sp³-hybridized carbons (Fsp3) is 0.278. The van der Waals surface area contributed by atoms with E-state index in [4.69, 9.17) is 23.1 Å². The summed E-state index contributed by atoms with van der Waals surface area (Å²) in [6.07, 6.45) is 0. The summed E-state index contributed by atoms with van der Waals surface area (Å²) < 4.78 is 17.8. The van der Waals surface area contributed by atoms with E-state index in [1.54, 1.807) is 9.13 Å². The number of amides is 1. The van der Waals surface area contributed by atoms with Gasteiger partial charge in [-0.15, -0.1) is 0 Å². The highest BCUT2D eigenvalue weighted by Crippen LogP contribution is 2.21. The van der Waals surface area contributed by atoms with Crippen LogP contribution in [0.2, 0.25) is 5.15 Å². The summed E-state index contributed by atoms with van der Waals surface area (Å²) in [6, 6.07) is 2.47. The van der Waals surface area contributed by atoms with Crippen LogP contribution in [0.25, 0.3) is 11.0 Å². The molecule has 0 aliphatic rings. The number of imidazole rings is 1. The zero-order chi connectivity index (χ0) is 22.2. The molecule has 3 aromatic rings. The number of carbonyl (C=O) groups excluding carboxylic acids is 1. The average Bonchev–Trinajstić information content (AvgIpc) is 2.99. The first-order valence-corrected chi connectivity index (χ1v) is 9.41. The van der Waals surface area contributed by atoms with Gasteiger partial charge in [-0.2, -0.15) is 0 Å². The maximum absolute atomic E-state index is 14.3. The lowest BCUT2D eigenvalue weighted by atomic mass is 10.2. The van der Waals surface area contributed by atoms with Crippen molar-refractivity contribution < 1.29 is 23.7 Å². The highest BCUT2D eigenvalue weighted by molar-refractivity contribution is 6.31. The Bertz CT molecular complexity index is 1180. The first-order valence-electron chi connectivity index (χ1n) is 9.03. The van der Waals surface area contributed by atoms with Crippen molar-refractivity contribution in [2.75, 3.05) is 11.5 Å². The van der Waals surface area contributed by atoms with E-state index in [0.717, 1.165) is 0 Å². The monoisotopic (exact) mass is 436 g/mol. The Kier molecular flexibility index (Phi) is 5.74. The molecule has 0 bridgehead atoms. The van der Waals surface area contributed by atoms with Crippen LogP contribution in [0.5, 0.6) is 0 Å². The number of nitrogens with two attached hydrogens (primary N) is 2. The summed E-state index contributed by atoms with van der Waals surface area (Å²) >= 11 is 5.83. The number of nitrogens with zero attached hydrogens (tertiary/aromatic N) is 4. The number of aromatic nitrogens is 4. The van der Waals surface area contributed by atoms with Crippen LogP contribution in [0.3, 0.4) is 0 Å². The van der Waals surface area contributed by atoms with Crippen molar-refractivity contribution in [3.8, 4) is 0 Å². The van der Waals surface area contributed by atoms with Crippen molar-refractivity contribution in [2.45, 2.75) is 33.5 Å². The first kappa shape index (κ1) is 21.2. The number of aryl methyl sites for hydroxylation is 2. The molecule has 6 N–H and O–H groups in total. The molecule has 0 saturated heterocycles. The largest absolute Gasteiger partial charge is 0.478 e. The minimum Gasteiger partial charge on any atom is -0.478 e. The smallest absolute Gasteiger partial charge is 0.338 e. The van der Waals surface area contributed by atoms with Crippen LogP contribution in [0.15, 0.2) is 12.1 Å². The number of carbonyl (C=O) groups is 2. The maximum Gasteiger partial charge on any atom is 0.338 e. The molecule has 2 heterocycles. The Morgan fingerprint density at radius 1 is 1.27 bits per heavy atom. The molecule has 158 valence electrons. The van der Waals surface area contributed by atoms with Gasteiger partial charge in [-0.3, -0.25) is 4.79 Å². The van der Waals surface area contributed by atoms with Crippen molar-refractivity contribution >= 4 is 46.1 Å². The Balaban J connectivity index is 2.02. The van der Waals surface area contributed by atoms with E-state index in [0.29, 0.717) is 29.9 Å². The SMILES string of the molecule is CCn1c(CNC(=O)c2nc(Cl)c(N)nc2N)[n+](CC)c2cc(F)c(C(=O)O)cc21. The van der Waals surface area contributed by atoms with E-state index in [1.807, 2.05) is 13.8 Å². The van der Waals surface area contributed by atoms with E-state index in [9.17, 15) is 19.1 Å². The topological polar surface area (TPSA) is 153 Å². The van der Waals surface area contributed by atoms with E-state index in [2.05, 4.69) is 15.3 Å². The lowest BCUT2D eigenvalue weighted by Gasteiger charge is -2.08. The van der Waals surface area contributed by atoms with Crippen LogP contribution >= 0.6 is 11.6 Å². The second kappa shape index (κ2) is 8.11. The molecule has 0 aliphatic heterocycles. The van der Waals surface area contributed by atoms with Gasteiger partial charge in [0.25, 0.3) is 11.7 Å². The maximum atomic E-state index is 14.3. The molecule has 0 saturated carbocycles. The summed E-state index contributed by atoms with van der Waals surface area (Å²) in [5.74, 6) is -2.42. The van der Waals surface area contributed by atoms with E-state index < -0.39 is 23.3 Å². The number of nitrogen functional groups attached to an aromatic ring is 2. The zero-order valence-corrected chi connectivity index (χ0v) is 17.0. The molecule has 0 aliphatic carbocycles. The van der Waals surface area contributed by atoms with Gasteiger partial charge in [0.2, 0.25) is 0 Å². The normalized spacial score (nSPS) is 11.1. The number of rotatable bonds is 6. The number of hydrogen-bond acceptors (Lipinski definition) is 6. The van der Waals surface area contributed by atoms with Crippen LogP contribution in [-0.2, 0) is 19.6 Å². The number of aromatic carboxylic acids is 1. The second-order valence-electron chi connectivity index (χ2n) is 6.35. The third-order valence-corrected chi connectivity index (χ3v) is 4.94. The molecule has 0 spiro atoms. The predicted octanol–water partition coefficient (Wildman–Crippen LogP) is 1.34. The van der Waals surface area contributed by atoms with Crippen LogP contribution in [0, 0.1) is 5.82 Å². The first-order chi connectivity index (χ1) is 14.2. The third-order valence-electron chi connectivity index (χ3n) is 4.66. The van der Waals surface area contributed by atoms with Gasteiger partial charge in [0.15, 0.2) is 33.5 Å². The van der Waals surface area contributed by atoms with Crippen LogP contribution in [0.1, 0.15) is 40.5 Å². The number of hydrogen-bond donors (Lipinski definition) is 4. The molecule has 1 aromatic carbocycles. The Morgan fingerprint density at radius 3 is 2.57 bits per heavy atom. The molecule has 0 fully saturated rings. The van der Waals surface area contributed by atoms with Crippen LogP contribution in [0.4, 0.5) is 16.0 Å². The van der Waals surface area contributed by atoms with Crippen molar-refractivity contribution in [3.63, 3.8) is 0 Å². The van der Waals surface area contributed by atoms with Crippen molar-refractivity contribution in [1.82, 2.24) is 19.9 Å². The molecule has 0 unspecified atom stereocenters. The summed E-state index contributed by atoms with van der Waals surface area (Å²) in [5, 5.41) is 11.8. The number of fused-ring (bicyclic) bond motifs is 1. The predicted molar refractivity (Wildman–Crippen MR) is 107 cm³/mol. The van der Waals surface area contributed by atoms with Gasteiger partial charge < -0.3 is 21.9 Å². The highest BCUT2D eigenvalue weighted by atomic mass is 35.5. The quantitative estimate of drug-likeness (QED) is 0.425. The zero-order valence-electron chi connectivity index (χ0n) is 16.2. The Morgan fingerprint density at radius 2 is 1.97 bits per heavy atom. The number of benzene rings is 1. The minimum absolute atomic E-state index is 0.0440. The minimum atomic E-state index is -1.36. The highest BCUT2D eigenvalue weighted by Gasteiger charge is 2.27. The van der Waals surface area contributed by atoms with Crippen LogP contribution < -0.4 is 21.4 Å². The second-order valence-corrected chi connectivity index (χ2v) is 6.70. The number of carboxylic acid groups (broad SMARTS) is 1. The van der Waals surface area contributed by atoms with Crippen molar-refractivity contribution in [1.29, 1.82) is 0 Å². The molecule has 0 radical (unpaired) electrons. The van der Waals surface area contributed by atoms with Gasteiger partial charge in [0, 0.05) is 12.1 Å². The van der Waals surface area contributed by atoms with Gasteiger partial charge in [-0.05, 0) is 13.8 Å². The van der Waals surface area contributed by atoms with Crippen molar-refractivity contribution in [3.05, 3.63) is 40.2 Å². The summed E-state index contributed by atoms with van der Waals surface area (Å²) in [4.78, 5) is 31.5. The fourth-order valence-electron chi connectivity index (χ4n) is 3.32. The number of carboxylic acids is 1. The molecule has 2 aromatic heterocycles. The molecule has 3 rings (SSSR count). The molecule has 0 atom stereocenters. The lowest BCUT2D eigenvalue weighted by Crippen LogP contribution is -2.40. The average molecular weight is 437 g/mol. The van der Waals surface area contributed by atoms with Gasteiger partial charge in [0.1, 0.15) is 12.4 Å².